The standard InChI is InChI=1S/C18H26ClN3O4S/c1-6-7-9-22-10-8-12(15(23)24)17(2,3)18(22,19)27-16-20-13(25-4)11-14(21-16)26-5/h8,10-12H,6-7,9H2,1-5H3,(H,23,24). The van der Waals surface area contributed by atoms with Crippen molar-refractivity contribution in [1.29, 1.82) is 0 Å². The number of hydrogen-bond donors (Lipinski definition) is 1. The van der Waals surface area contributed by atoms with Gasteiger partial charge in [-0.2, -0.15) is 9.97 Å². The highest BCUT2D eigenvalue weighted by atomic mass is 35.5. The van der Waals surface area contributed by atoms with Gasteiger partial charge in [-0.1, -0.05) is 44.9 Å². The molecule has 7 nitrogen and oxygen atoms in total. The number of carbonyl (C=O) groups is 1. The van der Waals surface area contributed by atoms with E-state index in [4.69, 9.17) is 21.1 Å². The highest BCUT2D eigenvalue weighted by Crippen LogP contribution is 2.57. The van der Waals surface area contributed by atoms with Gasteiger partial charge in [0.25, 0.3) is 0 Å². The van der Waals surface area contributed by atoms with E-state index >= 15 is 0 Å². The molecule has 1 aliphatic rings. The Kier molecular flexibility index (Phi) is 6.86. The van der Waals surface area contributed by atoms with Crippen LogP contribution in [0.4, 0.5) is 0 Å². The van der Waals surface area contributed by atoms with Gasteiger partial charge in [0.05, 0.1) is 26.2 Å². The number of nitrogens with zero attached hydrogens (tertiary/aromatic N) is 3. The normalized spacial score (nSPS) is 23.9. The van der Waals surface area contributed by atoms with Gasteiger partial charge in [-0.05, 0) is 24.4 Å². The van der Waals surface area contributed by atoms with Crippen LogP contribution >= 0.6 is 23.4 Å². The summed E-state index contributed by atoms with van der Waals surface area (Å²) < 4.78 is 9.33. The first-order valence-electron chi connectivity index (χ1n) is 8.72. The molecule has 1 aromatic heterocycles. The predicted molar refractivity (Wildman–Crippen MR) is 105 cm³/mol. The van der Waals surface area contributed by atoms with Gasteiger partial charge >= 0.3 is 5.97 Å². The maximum Gasteiger partial charge on any atom is 0.311 e. The van der Waals surface area contributed by atoms with Crippen molar-refractivity contribution in [2.24, 2.45) is 11.3 Å². The minimum Gasteiger partial charge on any atom is -0.481 e. The van der Waals surface area contributed by atoms with Crippen LogP contribution in [0.5, 0.6) is 11.8 Å². The van der Waals surface area contributed by atoms with Crippen molar-refractivity contribution in [1.82, 2.24) is 14.9 Å². The number of ether oxygens (including phenoxy) is 2. The van der Waals surface area contributed by atoms with Gasteiger partial charge in [0.1, 0.15) is 0 Å². The zero-order valence-electron chi connectivity index (χ0n) is 16.2. The highest BCUT2D eigenvalue weighted by molar-refractivity contribution is 8.01. The number of methoxy groups -OCH3 is 2. The van der Waals surface area contributed by atoms with E-state index in [-0.39, 0.29) is 0 Å². The molecule has 0 amide bonds. The Morgan fingerprint density at radius 2 is 1.93 bits per heavy atom. The molecule has 1 aliphatic heterocycles. The summed E-state index contributed by atoms with van der Waals surface area (Å²) >= 11 is 8.35. The van der Waals surface area contributed by atoms with Crippen LogP contribution in [0.1, 0.15) is 33.6 Å². The van der Waals surface area contributed by atoms with E-state index in [9.17, 15) is 9.90 Å². The summed E-state index contributed by atoms with van der Waals surface area (Å²) in [5, 5.41) is 10.0. The summed E-state index contributed by atoms with van der Waals surface area (Å²) in [6.45, 7) is 6.50. The van der Waals surface area contributed by atoms with Crippen molar-refractivity contribution in [2.75, 3.05) is 20.8 Å². The number of carboxylic acid groups (broad SMARTS) is 1. The number of thioether (sulfide) groups is 1. The maximum atomic E-state index is 11.8. The molecular weight excluding hydrogens is 390 g/mol. The second-order valence-electron chi connectivity index (χ2n) is 6.82. The summed E-state index contributed by atoms with van der Waals surface area (Å²) in [4.78, 5) is 22.5. The molecule has 0 radical (unpaired) electrons. The largest absolute Gasteiger partial charge is 0.481 e. The molecule has 0 spiro atoms. The van der Waals surface area contributed by atoms with Crippen molar-refractivity contribution >= 4 is 29.3 Å². The minimum absolute atomic E-state index is 0.351. The van der Waals surface area contributed by atoms with Gasteiger partial charge in [-0.3, -0.25) is 4.79 Å². The summed E-state index contributed by atoms with van der Waals surface area (Å²) in [5.74, 6) is -0.957. The summed E-state index contributed by atoms with van der Waals surface area (Å²) in [6, 6.07) is 1.58. The van der Waals surface area contributed by atoms with Crippen LogP contribution < -0.4 is 9.47 Å². The molecule has 2 heterocycles. The van der Waals surface area contributed by atoms with Crippen LogP contribution in [0, 0.1) is 11.3 Å². The molecule has 1 N–H and O–H groups in total. The van der Waals surface area contributed by atoms with Crippen molar-refractivity contribution in [3.05, 3.63) is 18.3 Å². The third-order valence-corrected chi connectivity index (χ3v) is 7.05. The second kappa shape index (κ2) is 8.56. The first-order chi connectivity index (χ1) is 12.7. The Bertz CT molecular complexity index is 694. The van der Waals surface area contributed by atoms with Gasteiger partial charge in [0, 0.05) is 12.0 Å². The van der Waals surface area contributed by atoms with E-state index in [1.54, 1.807) is 18.3 Å². The number of rotatable bonds is 8. The van der Waals surface area contributed by atoms with E-state index < -0.39 is 21.6 Å². The van der Waals surface area contributed by atoms with Crippen LogP contribution in [-0.4, -0.2) is 51.0 Å². The Hall–Kier alpha value is -1.67. The fourth-order valence-electron chi connectivity index (χ4n) is 2.98. The van der Waals surface area contributed by atoms with Gasteiger partial charge in [-0.15, -0.1) is 0 Å². The SMILES string of the molecule is CCCCN1C=CC(C(=O)O)C(C)(C)C1(Cl)Sc1nc(OC)cc(OC)n1. The van der Waals surface area contributed by atoms with E-state index in [1.165, 1.54) is 26.0 Å². The topological polar surface area (TPSA) is 84.8 Å². The average molecular weight is 416 g/mol. The summed E-state index contributed by atoms with van der Waals surface area (Å²) in [5.41, 5.74) is -0.812. The summed E-state index contributed by atoms with van der Waals surface area (Å²) in [7, 11) is 3.02. The van der Waals surface area contributed by atoms with Crippen LogP contribution in [-0.2, 0) is 4.79 Å². The molecule has 0 bridgehead atoms. The third kappa shape index (κ3) is 4.27. The number of carboxylic acids is 1. The molecule has 2 rings (SSSR count). The van der Waals surface area contributed by atoms with Crippen LogP contribution in [0.2, 0.25) is 0 Å². The van der Waals surface area contributed by atoms with Crippen molar-refractivity contribution < 1.29 is 19.4 Å². The molecule has 0 saturated carbocycles. The Labute approximate surface area is 169 Å². The third-order valence-electron chi connectivity index (χ3n) is 4.72. The molecule has 0 fully saturated rings. The Morgan fingerprint density at radius 3 is 2.41 bits per heavy atom. The number of hydrogen-bond acceptors (Lipinski definition) is 7. The molecule has 150 valence electrons. The molecule has 9 heteroatoms. The van der Waals surface area contributed by atoms with Gasteiger partial charge in [0.15, 0.2) is 9.49 Å². The molecular formula is C18H26ClN3O4S. The number of unbranched alkanes of at least 4 members (excludes halogenated alkanes) is 1. The second-order valence-corrected chi connectivity index (χ2v) is 8.76. The lowest BCUT2D eigenvalue weighted by Gasteiger charge is -2.52. The van der Waals surface area contributed by atoms with Crippen molar-refractivity contribution in [2.45, 2.75) is 43.1 Å². The lowest BCUT2D eigenvalue weighted by atomic mass is 9.75. The zero-order valence-corrected chi connectivity index (χ0v) is 17.8. The van der Waals surface area contributed by atoms with E-state index in [0.29, 0.717) is 23.5 Å². The van der Waals surface area contributed by atoms with E-state index in [0.717, 1.165) is 12.8 Å². The molecule has 27 heavy (non-hydrogen) atoms. The van der Waals surface area contributed by atoms with Crippen molar-refractivity contribution in [3.8, 4) is 11.8 Å². The van der Waals surface area contributed by atoms with Gasteiger partial charge in [-0.25, -0.2) is 0 Å². The van der Waals surface area contributed by atoms with E-state index in [2.05, 4.69) is 16.9 Å². The monoisotopic (exact) mass is 415 g/mol. The quantitative estimate of drug-likeness (QED) is 0.389. The van der Waals surface area contributed by atoms with Gasteiger partial charge in [0.2, 0.25) is 11.8 Å². The maximum absolute atomic E-state index is 11.8. The first kappa shape index (κ1) is 21.6. The van der Waals surface area contributed by atoms with Crippen LogP contribution in [0.25, 0.3) is 0 Å². The lowest BCUT2D eigenvalue weighted by Crippen LogP contribution is -2.56. The zero-order chi connectivity index (χ0) is 20.2. The summed E-state index contributed by atoms with van der Waals surface area (Å²) in [6.07, 6.45) is 5.40. The molecule has 2 unspecified atom stereocenters. The number of alkyl halides is 1. The fraction of sp³-hybridized carbons (Fsp3) is 0.611. The average Bonchev–Trinajstić information content (AvgIpc) is 2.62. The van der Waals surface area contributed by atoms with Crippen LogP contribution in [0.15, 0.2) is 23.5 Å². The Morgan fingerprint density at radius 1 is 1.33 bits per heavy atom. The molecule has 0 aliphatic carbocycles. The minimum atomic E-state index is -1.10. The smallest absolute Gasteiger partial charge is 0.311 e. The lowest BCUT2D eigenvalue weighted by molar-refractivity contribution is -0.145. The van der Waals surface area contributed by atoms with Crippen LogP contribution in [0.3, 0.4) is 0 Å². The van der Waals surface area contributed by atoms with E-state index in [1.807, 2.05) is 18.7 Å². The molecule has 0 saturated heterocycles. The highest BCUT2D eigenvalue weighted by Gasteiger charge is 2.56. The predicted octanol–water partition coefficient (Wildman–Crippen LogP) is 3.83. The molecule has 2 atom stereocenters. The Balaban J connectivity index is 2.49. The molecule has 1 aromatic rings. The number of aromatic nitrogens is 2. The van der Waals surface area contributed by atoms with Crippen molar-refractivity contribution in [3.63, 3.8) is 0 Å². The molecule has 0 aromatic carbocycles. The number of aliphatic carboxylic acids is 1. The van der Waals surface area contributed by atoms with Gasteiger partial charge < -0.3 is 19.5 Å². The fourth-order valence-corrected chi connectivity index (χ4v) is 4.61. The number of halogens is 1. The first-order valence-corrected chi connectivity index (χ1v) is 9.92.